The first-order valence-corrected chi connectivity index (χ1v) is 6.85. The molecule has 3 N–H and O–H groups in total. The van der Waals surface area contributed by atoms with E-state index in [9.17, 15) is 4.79 Å². The molecule has 20 heavy (non-hydrogen) atoms. The van der Waals surface area contributed by atoms with E-state index in [2.05, 4.69) is 21.2 Å². The zero-order chi connectivity index (χ0) is 14.5. The van der Waals surface area contributed by atoms with Crippen LogP contribution in [0.25, 0.3) is 0 Å². The van der Waals surface area contributed by atoms with Gasteiger partial charge in [0.2, 0.25) is 0 Å². The van der Waals surface area contributed by atoms with Gasteiger partial charge in [-0.3, -0.25) is 4.79 Å². The van der Waals surface area contributed by atoms with Crippen LogP contribution in [0.3, 0.4) is 0 Å². The standard InChI is InChI=1S/C15H15BrN2O2/c1-20-14-8-11(4-7-13(14)17)15(19)18-9-10-2-5-12(16)6-3-10/h2-8H,9,17H2,1H3,(H,18,19). The van der Waals surface area contributed by atoms with Crippen LogP contribution in [0, 0.1) is 0 Å². The largest absolute Gasteiger partial charge is 0.495 e. The first-order valence-electron chi connectivity index (χ1n) is 6.06. The Morgan fingerprint density at radius 3 is 2.60 bits per heavy atom. The summed E-state index contributed by atoms with van der Waals surface area (Å²) in [5.74, 6) is 0.340. The number of halogens is 1. The minimum absolute atomic E-state index is 0.161. The van der Waals surface area contributed by atoms with E-state index in [1.54, 1.807) is 18.2 Å². The molecule has 0 fully saturated rings. The highest BCUT2D eigenvalue weighted by Crippen LogP contribution is 2.22. The van der Waals surface area contributed by atoms with E-state index in [1.807, 2.05) is 24.3 Å². The maximum Gasteiger partial charge on any atom is 0.251 e. The zero-order valence-corrected chi connectivity index (χ0v) is 12.6. The predicted molar refractivity (Wildman–Crippen MR) is 82.7 cm³/mol. The molecule has 5 heteroatoms. The Kier molecular flexibility index (Phi) is 4.63. The number of amides is 1. The van der Waals surface area contributed by atoms with E-state index in [-0.39, 0.29) is 5.91 Å². The van der Waals surface area contributed by atoms with Gasteiger partial charge in [-0.15, -0.1) is 0 Å². The highest BCUT2D eigenvalue weighted by atomic mass is 79.9. The van der Waals surface area contributed by atoms with Crippen molar-refractivity contribution in [2.24, 2.45) is 0 Å². The molecule has 2 aromatic carbocycles. The average Bonchev–Trinajstić information content (AvgIpc) is 2.47. The number of carbonyl (C=O) groups excluding carboxylic acids is 1. The molecule has 0 aliphatic carbocycles. The third kappa shape index (κ3) is 3.51. The third-order valence-electron chi connectivity index (χ3n) is 2.86. The number of nitrogens with two attached hydrogens (primary N) is 1. The van der Waals surface area contributed by atoms with Crippen LogP contribution in [0.2, 0.25) is 0 Å². The number of nitrogens with one attached hydrogen (secondary N) is 1. The molecule has 0 unspecified atom stereocenters. The Labute approximate surface area is 126 Å². The SMILES string of the molecule is COc1cc(C(=O)NCc2ccc(Br)cc2)ccc1N. The number of hydrogen-bond donors (Lipinski definition) is 2. The quantitative estimate of drug-likeness (QED) is 0.845. The minimum atomic E-state index is -0.161. The van der Waals surface area contributed by atoms with E-state index >= 15 is 0 Å². The molecule has 4 nitrogen and oxygen atoms in total. The number of hydrogen-bond acceptors (Lipinski definition) is 3. The van der Waals surface area contributed by atoms with Gasteiger partial charge in [0.05, 0.1) is 12.8 Å². The molecule has 0 saturated carbocycles. The van der Waals surface area contributed by atoms with Gasteiger partial charge in [-0.05, 0) is 35.9 Å². The van der Waals surface area contributed by atoms with Crippen LogP contribution < -0.4 is 15.8 Å². The number of ether oxygens (including phenoxy) is 1. The summed E-state index contributed by atoms with van der Waals surface area (Å²) in [4.78, 5) is 12.0. The Balaban J connectivity index is 2.03. The fourth-order valence-electron chi connectivity index (χ4n) is 1.74. The Morgan fingerprint density at radius 2 is 1.95 bits per heavy atom. The number of benzene rings is 2. The van der Waals surface area contributed by atoms with Gasteiger partial charge in [0.15, 0.2) is 0 Å². The summed E-state index contributed by atoms with van der Waals surface area (Å²) in [6.07, 6.45) is 0. The Bertz CT molecular complexity index is 612. The second kappa shape index (κ2) is 6.43. The molecule has 0 heterocycles. The predicted octanol–water partition coefficient (Wildman–Crippen LogP) is 2.97. The van der Waals surface area contributed by atoms with Crippen LogP contribution in [-0.2, 0) is 6.54 Å². The number of nitrogen functional groups attached to an aromatic ring is 1. The van der Waals surface area contributed by atoms with Crippen LogP contribution in [0.5, 0.6) is 5.75 Å². The molecule has 0 spiro atoms. The molecule has 0 aromatic heterocycles. The van der Waals surface area contributed by atoms with Crippen molar-refractivity contribution in [2.45, 2.75) is 6.54 Å². The second-order valence-corrected chi connectivity index (χ2v) is 5.18. The molecular formula is C15H15BrN2O2. The maximum absolute atomic E-state index is 12.0. The summed E-state index contributed by atoms with van der Waals surface area (Å²) in [6.45, 7) is 0.471. The van der Waals surface area contributed by atoms with Crippen LogP contribution in [0.1, 0.15) is 15.9 Å². The molecule has 2 aromatic rings. The van der Waals surface area contributed by atoms with Crippen LogP contribution in [0.15, 0.2) is 46.9 Å². The van der Waals surface area contributed by atoms with Crippen molar-refractivity contribution in [3.8, 4) is 5.75 Å². The molecule has 0 aliphatic rings. The van der Waals surface area contributed by atoms with Crippen molar-refractivity contribution < 1.29 is 9.53 Å². The van der Waals surface area contributed by atoms with Gasteiger partial charge in [-0.1, -0.05) is 28.1 Å². The lowest BCUT2D eigenvalue weighted by Crippen LogP contribution is -2.22. The van der Waals surface area contributed by atoms with Gasteiger partial charge in [-0.2, -0.15) is 0 Å². The molecule has 0 radical (unpaired) electrons. The lowest BCUT2D eigenvalue weighted by atomic mass is 10.1. The fourth-order valence-corrected chi connectivity index (χ4v) is 2.00. The lowest BCUT2D eigenvalue weighted by molar-refractivity contribution is 0.0950. The van der Waals surface area contributed by atoms with E-state index in [0.717, 1.165) is 10.0 Å². The van der Waals surface area contributed by atoms with Gasteiger partial charge in [-0.25, -0.2) is 0 Å². The first-order chi connectivity index (χ1) is 9.60. The topological polar surface area (TPSA) is 64.3 Å². The van der Waals surface area contributed by atoms with Crippen LogP contribution >= 0.6 is 15.9 Å². The smallest absolute Gasteiger partial charge is 0.251 e. The number of carbonyl (C=O) groups is 1. The lowest BCUT2D eigenvalue weighted by Gasteiger charge is -2.08. The van der Waals surface area contributed by atoms with Crippen molar-refractivity contribution >= 4 is 27.5 Å². The number of rotatable bonds is 4. The molecule has 104 valence electrons. The summed E-state index contributed by atoms with van der Waals surface area (Å²) in [5, 5.41) is 2.85. The highest BCUT2D eigenvalue weighted by Gasteiger charge is 2.08. The fraction of sp³-hybridized carbons (Fsp3) is 0.133. The van der Waals surface area contributed by atoms with Gasteiger partial charge < -0.3 is 15.8 Å². The van der Waals surface area contributed by atoms with Gasteiger partial charge >= 0.3 is 0 Å². The summed E-state index contributed by atoms with van der Waals surface area (Å²) in [5.41, 5.74) is 7.78. The van der Waals surface area contributed by atoms with E-state index in [1.165, 1.54) is 7.11 Å². The minimum Gasteiger partial charge on any atom is -0.495 e. The van der Waals surface area contributed by atoms with Crippen LogP contribution in [0.4, 0.5) is 5.69 Å². The maximum atomic E-state index is 12.0. The Morgan fingerprint density at radius 1 is 1.25 bits per heavy atom. The summed E-state index contributed by atoms with van der Waals surface area (Å²) < 4.78 is 6.11. The normalized spacial score (nSPS) is 10.1. The number of methoxy groups -OCH3 is 1. The molecule has 2 rings (SSSR count). The van der Waals surface area contributed by atoms with Crippen molar-refractivity contribution in [1.82, 2.24) is 5.32 Å². The molecule has 1 amide bonds. The molecule has 0 atom stereocenters. The second-order valence-electron chi connectivity index (χ2n) is 4.27. The monoisotopic (exact) mass is 334 g/mol. The van der Waals surface area contributed by atoms with Gasteiger partial charge in [0.25, 0.3) is 5.91 Å². The van der Waals surface area contributed by atoms with Crippen molar-refractivity contribution in [3.63, 3.8) is 0 Å². The molecular weight excluding hydrogens is 320 g/mol. The van der Waals surface area contributed by atoms with Crippen molar-refractivity contribution in [1.29, 1.82) is 0 Å². The molecule has 0 aliphatic heterocycles. The van der Waals surface area contributed by atoms with Gasteiger partial charge in [0.1, 0.15) is 5.75 Å². The van der Waals surface area contributed by atoms with E-state index < -0.39 is 0 Å². The van der Waals surface area contributed by atoms with Gasteiger partial charge in [0, 0.05) is 16.6 Å². The first kappa shape index (κ1) is 14.4. The number of anilines is 1. The molecule has 0 bridgehead atoms. The van der Waals surface area contributed by atoms with E-state index in [4.69, 9.17) is 10.5 Å². The van der Waals surface area contributed by atoms with Crippen molar-refractivity contribution in [2.75, 3.05) is 12.8 Å². The summed E-state index contributed by atoms with van der Waals surface area (Å²) >= 11 is 3.37. The summed E-state index contributed by atoms with van der Waals surface area (Å²) in [6, 6.07) is 12.7. The van der Waals surface area contributed by atoms with Crippen LogP contribution in [-0.4, -0.2) is 13.0 Å². The average molecular weight is 335 g/mol. The highest BCUT2D eigenvalue weighted by molar-refractivity contribution is 9.10. The van der Waals surface area contributed by atoms with Crippen molar-refractivity contribution in [3.05, 3.63) is 58.1 Å². The zero-order valence-electron chi connectivity index (χ0n) is 11.0. The Hall–Kier alpha value is -2.01. The summed E-state index contributed by atoms with van der Waals surface area (Å²) in [7, 11) is 1.52. The molecule has 0 saturated heterocycles. The third-order valence-corrected chi connectivity index (χ3v) is 3.39. The van der Waals surface area contributed by atoms with E-state index in [0.29, 0.717) is 23.5 Å².